The third kappa shape index (κ3) is 2.55. The predicted molar refractivity (Wildman–Crippen MR) is 61.4 cm³/mol. The molecule has 1 amide bonds. The van der Waals surface area contributed by atoms with E-state index in [0.29, 0.717) is 16.4 Å². The number of pyridine rings is 2. The summed E-state index contributed by atoms with van der Waals surface area (Å²) >= 11 is 5.70. The molecule has 2 rings (SSSR count). The summed E-state index contributed by atoms with van der Waals surface area (Å²) in [5.74, 6) is -0.227. The lowest BCUT2D eigenvalue weighted by Crippen LogP contribution is -2.11. The summed E-state index contributed by atoms with van der Waals surface area (Å²) in [6.07, 6.45) is 4.64. The molecule has 0 spiro atoms. The maximum absolute atomic E-state index is 11.7. The zero-order valence-corrected chi connectivity index (χ0v) is 8.98. The van der Waals surface area contributed by atoms with Crippen molar-refractivity contribution in [3.8, 4) is 0 Å². The molecule has 0 aliphatic heterocycles. The van der Waals surface area contributed by atoms with Gasteiger partial charge in [0.2, 0.25) is 0 Å². The number of hydrogen-bond acceptors (Lipinski definition) is 3. The summed E-state index contributed by atoms with van der Waals surface area (Å²) < 4.78 is 0. The molecule has 5 heteroatoms. The van der Waals surface area contributed by atoms with Gasteiger partial charge in [-0.05, 0) is 24.3 Å². The van der Waals surface area contributed by atoms with Crippen molar-refractivity contribution in [2.24, 2.45) is 0 Å². The van der Waals surface area contributed by atoms with E-state index in [1.807, 2.05) is 0 Å². The highest BCUT2D eigenvalue weighted by molar-refractivity contribution is 6.29. The van der Waals surface area contributed by atoms with Crippen LogP contribution in [-0.2, 0) is 0 Å². The fourth-order valence-electron chi connectivity index (χ4n) is 1.18. The third-order valence-corrected chi connectivity index (χ3v) is 2.11. The molecule has 0 saturated heterocycles. The minimum absolute atomic E-state index is 0.227. The van der Waals surface area contributed by atoms with Gasteiger partial charge in [0.15, 0.2) is 0 Å². The number of aromatic nitrogens is 2. The fourth-order valence-corrected chi connectivity index (χ4v) is 1.35. The Morgan fingerprint density at radius 1 is 1.31 bits per heavy atom. The summed E-state index contributed by atoms with van der Waals surface area (Å²) in [6.45, 7) is 0. The van der Waals surface area contributed by atoms with Gasteiger partial charge in [-0.1, -0.05) is 11.6 Å². The maximum Gasteiger partial charge on any atom is 0.257 e. The van der Waals surface area contributed by atoms with Crippen LogP contribution >= 0.6 is 11.6 Å². The van der Waals surface area contributed by atoms with E-state index in [0.717, 1.165) is 0 Å². The van der Waals surface area contributed by atoms with Crippen molar-refractivity contribution in [1.29, 1.82) is 0 Å². The van der Waals surface area contributed by atoms with E-state index in [1.54, 1.807) is 30.5 Å². The van der Waals surface area contributed by atoms with Crippen LogP contribution < -0.4 is 5.32 Å². The first-order valence-electron chi connectivity index (χ1n) is 4.58. The van der Waals surface area contributed by atoms with E-state index in [4.69, 9.17) is 11.6 Å². The first-order valence-corrected chi connectivity index (χ1v) is 4.96. The molecule has 2 heterocycles. The standard InChI is InChI=1S/C11H8ClN3O/c12-10-6-9(3-5-14-10)15-11(16)8-2-1-4-13-7-8/h1-7H,(H,14,15,16). The van der Waals surface area contributed by atoms with Gasteiger partial charge in [-0.2, -0.15) is 0 Å². The Bertz CT molecular complexity index is 502. The number of nitrogens with zero attached hydrogens (tertiary/aromatic N) is 2. The van der Waals surface area contributed by atoms with Gasteiger partial charge < -0.3 is 5.32 Å². The van der Waals surface area contributed by atoms with Crippen molar-refractivity contribution in [1.82, 2.24) is 9.97 Å². The normalized spacial score (nSPS) is 9.81. The lowest BCUT2D eigenvalue weighted by Gasteiger charge is -2.04. The molecule has 0 atom stereocenters. The summed E-state index contributed by atoms with van der Waals surface area (Å²) in [7, 11) is 0. The molecule has 0 aliphatic carbocycles. The lowest BCUT2D eigenvalue weighted by molar-refractivity contribution is 0.102. The fraction of sp³-hybridized carbons (Fsp3) is 0. The first-order chi connectivity index (χ1) is 7.75. The van der Waals surface area contributed by atoms with Gasteiger partial charge in [0, 0.05) is 24.3 Å². The number of carbonyl (C=O) groups is 1. The number of hydrogen-bond donors (Lipinski definition) is 1. The molecule has 0 aliphatic rings. The topological polar surface area (TPSA) is 54.9 Å². The van der Waals surface area contributed by atoms with Crippen LogP contribution in [-0.4, -0.2) is 15.9 Å². The molecule has 80 valence electrons. The minimum Gasteiger partial charge on any atom is -0.322 e. The molecule has 16 heavy (non-hydrogen) atoms. The minimum atomic E-state index is -0.227. The van der Waals surface area contributed by atoms with Crippen LogP contribution in [0.3, 0.4) is 0 Å². The van der Waals surface area contributed by atoms with Crippen molar-refractivity contribution < 1.29 is 4.79 Å². The molecular weight excluding hydrogens is 226 g/mol. The van der Waals surface area contributed by atoms with E-state index in [-0.39, 0.29) is 5.91 Å². The van der Waals surface area contributed by atoms with Crippen LogP contribution in [0.4, 0.5) is 5.69 Å². The number of carbonyl (C=O) groups excluding carboxylic acids is 1. The van der Waals surface area contributed by atoms with Crippen LogP contribution in [0.2, 0.25) is 5.15 Å². The Hall–Kier alpha value is -1.94. The van der Waals surface area contributed by atoms with Crippen LogP contribution in [0.1, 0.15) is 10.4 Å². The molecule has 2 aromatic rings. The number of rotatable bonds is 2. The second-order valence-electron chi connectivity index (χ2n) is 3.06. The highest BCUT2D eigenvalue weighted by Crippen LogP contribution is 2.12. The van der Waals surface area contributed by atoms with Gasteiger partial charge in [-0.25, -0.2) is 4.98 Å². The molecule has 0 aromatic carbocycles. The average molecular weight is 234 g/mol. The predicted octanol–water partition coefficient (Wildman–Crippen LogP) is 2.38. The second-order valence-corrected chi connectivity index (χ2v) is 3.45. The summed E-state index contributed by atoms with van der Waals surface area (Å²) in [4.78, 5) is 19.4. The van der Waals surface area contributed by atoms with Gasteiger partial charge in [-0.3, -0.25) is 9.78 Å². The zero-order chi connectivity index (χ0) is 11.4. The van der Waals surface area contributed by atoms with E-state index in [2.05, 4.69) is 15.3 Å². The molecule has 0 radical (unpaired) electrons. The zero-order valence-electron chi connectivity index (χ0n) is 8.22. The second kappa shape index (κ2) is 4.72. The van der Waals surface area contributed by atoms with E-state index in [9.17, 15) is 4.79 Å². The van der Waals surface area contributed by atoms with Gasteiger partial charge in [0.05, 0.1) is 5.56 Å². The summed E-state index contributed by atoms with van der Waals surface area (Å²) in [5, 5.41) is 3.03. The molecule has 0 fully saturated rings. The van der Waals surface area contributed by atoms with Crippen LogP contribution in [0, 0.1) is 0 Å². The van der Waals surface area contributed by atoms with Gasteiger partial charge in [0.25, 0.3) is 5.91 Å². The average Bonchev–Trinajstić information content (AvgIpc) is 2.30. The quantitative estimate of drug-likeness (QED) is 0.811. The number of anilines is 1. The number of nitrogens with one attached hydrogen (secondary N) is 1. The summed E-state index contributed by atoms with van der Waals surface area (Å²) in [6, 6.07) is 6.63. The summed E-state index contributed by atoms with van der Waals surface area (Å²) in [5.41, 5.74) is 1.10. The Kier molecular flexibility index (Phi) is 3.12. The monoisotopic (exact) mass is 233 g/mol. The van der Waals surface area contributed by atoms with Crippen molar-refractivity contribution in [3.63, 3.8) is 0 Å². The van der Waals surface area contributed by atoms with E-state index in [1.165, 1.54) is 12.4 Å². The highest BCUT2D eigenvalue weighted by Gasteiger charge is 2.05. The highest BCUT2D eigenvalue weighted by atomic mass is 35.5. The van der Waals surface area contributed by atoms with E-state index >= 15 is 0 Å². The largest absolute Gasteiger partial charge is 0.322 e. The van der Waals surface area contributed by atoms with Crippen molar-refractivity contribution in [2.75, 3.05) is 5.32 Å². The number of amides is 1. The Morgan fingerprint density at radius 3 is 2.88 bits per heavy atom. The van der Waals surface area contributed by atoms with Crippen LogP contribution in [0.5, 0.6) is 0 Å². The molecular formula is C11H8ClN3O. The Morgan fingerprint density at radius 2 is 2.19 bits per heavy atom. The molecule has 2 aromatic heterocycles. The van der Waals surface area contributed by atoms with Gasteiger partial charge in [-0.15, -0.1) is 0 Å². The molecule has 0 unspecified atom stereocenters. The van der Waals surface area contributed by atoms with Crippen molar-refractivity contribution in [2.45, 2.75) is 0 Å². The SMILES string of the molecule is O=C(Nc1ccnc(Cl)c1)c1cccnc1. The Balaban J connectivity index is 2.14. The Labute approximate surface area is 97.3 Å². The van der Waals surface area contributed by atoms with Gasteiger partial charge in [0.1, 0.15) is 5.15 Å². The van der Waals surface area contributed by atoms with Crippen LogP contribution in [0.25, 0.3) is 0 Å². The molecule has 0 saturated carbocycles. The van der Waals surface area contributed by atoms with Gasteiger partial charge >= 0.3 is 0 Å². The lowest BCUT2D eigenvalue weighted by atomic mass is 10.2. The number of halogens is 1. The molecule has 1 N–H and O–H groups in total. The molecule has 0 bridgehead atoms. The van der Waals surface area contributed by atoms with Crippen molar-refractivity contribution >= 4 is 23.2 Å². The van der Waals surface area contributed by atoms with Crippen LogP contribution in [0.15, 0.2) is 42.9 Å². The third-order valence-electron chi connectivity index (χ3n) is 1.91. The molecule has 4 nitrogen and oxygen atoms in total. The maximum atomic E-state index is 11.7. The first kappa shape index (κ1) is 10.6. The van der Waals surface area contributed by atoms with Crippen molar-refractivity contribution in [3.05, 3.63) is 53.6 Å². The van der Waals surface area contributed by atoms with E-state index < -0.39 is 0 Å². The smallest absolute Gasteiger partial charge is 0.257 e.